The maximum absolute atomic E-state index is 13.5. The van der Waals surface area contributed by atoms with Gasteiger partial charge in [-0.1, -0.05) is 25.5 Å². The number of rotatable bonds is 8. The normalized spacial score (nSPS) is 11.1. The van der Waals surface area contributed by atoms with Crippen molar-refractivity contribution >= 4 is 28.3 Å². The fourth-order valence-corrected chi connectivity index (χ4v) is 3.73. The summed E-state index contributed by atoms with van der Waals surface area (Å²) in [6.45, 7) is 1.87. The number of hydrogen-bond donors (Lipinski definition) is 2. The molecular formula is C23H24N6O5. The van der Waals surface area contributed by atoms with Crippen LogP contribution in [0.3, 0.4) is 0 Å². The number of nitrogens with two attached hydrogens (primary N) is 1. The average Bonchev–Trinajstić information content (AvgIpc) is 3.33. The lowest BCUT2D eigenvalue weighted by Crippen LogP contribution is -2.42. The molecule has 0 saturated carbocycles. The smallest absolute Gasteiger partial charge is 0.330 e. The van der Waals surface area contributed by atoms with Crippen molar-refractivity contribution in [2.75, 3.05) is 10.6 Å². The molecule has 0 aliphatic carbocycles. The van der Waals surface area contributed by atoms with E-state index in [0.717, 1.165) is 12.6 Å². The largest absolute Gasteiger partial charge is 0.467 e. The highest BCUT2D eigenvalue weighted by Gasteiger charge is 2.26. The van der Waals surface area contributed by atoms with Crippen molar-refractivity contribution in [2.45, 2.75) is 39.4 Å². The Morgan fingerprint density at radius 3 is 2.71 bits per heavy atom. The number of furan rings is 1. The summed E-state index contributed by atoms with van der Waals surface area (Å²) >= 11 is 0. The molecule has 0 fully saturated rings. The Morgan fingerprint density at radius 1 is 1.18 bits per heavy atom. The summed E-state index contributed by atoms with van der Waals surface area (Å²) in [5, 5.41) is 4.51. The maximum atomic E-state index is 13.5. The molecule has 176 valence electrons. The molecule has 3 heterocycles. The Bertz CT molecular complexity index is 1500. The van der Waals surface area contributed by atoms with Crippen LogP contribution in [0, 0.1) is 0 Å². The lowest BCUT2D eigenvalue weighted by atomic mass is 10.2. The van der Waals surface area contributed by atoms with Crippen molar-refractivity contribution in [3.8, 4) is 0 Å². The summed E-state index contributed by atoms with van der Waals surface area (Å²) in [6.07, 6.45) is 4.05. The van der Waals surface area contributed by atoms with E-state index in [4.69, 9.17) is 10.2 Å². The number of nitrogen functional groups attached to an aromatic ring is 1. The number of hydrogen-bond acceptors (Lipinski definition) is 7. The van der Waals surface area contributed by atoms with Gasteiger partial charge in [0.25, 0.3) is 5.56 Å². The van der Waals surface area contributed by atoms with Crippen LogP contribution in [0.25, 0.3) is 10.9 Å². The number of amides is 1. The first kappa shape index (κ1) is 22.8. The highest BCUT2D eigenvalue weighted by atomic mass is 16.3. The van der Waals surface area contributed by atoms with Gasteiger partial charge in [0.15, 0.2) is 5.69 Å². The summed E-state index contributed by atoms with van der Waals surface area (Å²) in [5.41, 5.74) is 4.88. The lowest BCUT2D eigenvalue weighted by molar-refractivity contribution is -0.119. The summed E-state index contributed by atoms with van der Waals surface area (Å²) in [5.74, 6) is -0.230. The van der Waals surface area contributed by atoms with Gasteiger partial charge in [-0.05, 0) is 30.7 Å². The van der Waals surface area contributed by atoms with E-state index in [1.165, 1.54) is 20.4 Å². The van der Waals surface area contributed by atoms with Crippen LogP contribution in [-0.2, 0) is 24.4 Å². The van der Waals surface area contributed by atoms with E-state index in [1.54, 1.807) is 36.4 Å². The number of anilines is 2. The van der Waals surface area contributed by atoms with Crippen LogP contribution >= 0.6 is 0 Å². The van der Waals surface area contributed by atoms with E-state index in [1.807, 2.05) is 6.92 Å². The molecule has 0 atom stereocenters. The van der Waals surface area contributed by atoms with Gasteiger partial charge >= 0.3 is 5.69 Å². The summed E-state index contributed by atoms with van der Waals surface area (Å²) in [6, 6.07) is 10.1. The molecule has 3 aromatic heterocycles. The van der Waals surface area contributed by atoms with Crippen molar-refractivity contribution in [3.63, 3.8) is 0 Å². The van der Waals surface area contributed by atoms with Gasteiger partial charge in [0.2, 0.25) is 11.3 Å². The number of nitrogens with zero attached hydrogens (tertiary/aromatic N) is 4. The zero-order chi connectivity index (χ0) is 24.2. The number of unbranched alkanes of at least 4 members (excludes halogenated alkanes) is 1. The second-order valence-corrected chi connectivity index (χ2v) is 7.74. The summed E-state index contributed by atoms with van der Waals surface area (Å²) in [4.78, 5) is 54.3. The maximum Gasteiger partial charge on any atom is 0.330 e. The zero-order valence-corrected chi connectivity index (χ0v) is 18.6. The summed E-state index contributed by atoms with van der Waals surface area (Å²) in [7, 11) is 0. The number of H-pyrrole nitrogens is 1. The Hall–Kier alpha value is -4.41. The molecule has 11 heteroatoms. The Kier molecular flexibility index (Phi) is 6.44. The first-order chi connectivity index (χ1) is 16.4. The molecule has 0 aliphatic heterocycles. The first-order valence-corrected chi connectivity index (χ1v) is 10.8. The molecule has 1 aromatic carbocycles. The minimum Gasteiger partial charge on any atom is -0.467 e. The van der Waals surface area contributed by atoms with Crippen LogP contribution in [0.5, 0.6) is 0 Å². The highest BCUT2D eigenvalue weighted by molar-refractivity contribution is 5.96. The standard InChI is InChI=1S/C23H24N6O5/c1-2-3-10-27-21(24)20(22(32)26-23(27)33)28(13-15-7-6-11-34-15)19(31)14-29-17-9-5-4-8-16(17)18(30)12-25-29/h4-9,11-12H,2-3,10,13-14,24H2,1H3,(H,26,32,33). The number of benzene rings is 1. The van der Waals surface area contributed by atoms with E-state index in [-0.39, 0.29) is 30.0 Å². The van der Waals surface area contributed by atoms with E-state index in [2.05, 4.69) is 10.1 Å². The molecule has 4 rings (SSSR count). The van der Waals surface area contributed by atoms with Gasteiger partial charge in [-0.3, -0.25) is 33.5 Å². The van der Waals surface area contributed by atoms with Gasteiger partial charge in [-0.25, -0.2) is 4.79 Å². The Labute approximate surface area is 193 Å². The number of aromatic amines is 1. The zero-order valence-electron chi connectivity index (χ0n) is 18.6. The predicted molar refractivity (Wildman–Crippen MR) is 127 cm³/mol. The molecule has 11 nitrogen and oxygen atoms in total. The number of fused-ring (bicyclic) bond motifs is 1. The van der Waals surface area contributed by atoms with Crippen LogP contribution < -0.4 is 27.3 Å². The van der Waals surface area contributed by atoms with E-state index in [0.29, 0.717) is 29.6 Å². The fraction of sp³-hybridized carbons (Fsp3) is 0.261. The molecule has 0 unspecified atom stereocenters. The highest BCUT2D eigenvalue weighted by Crippen LogP contribution is 2.21. The van der Waals surface area contributed by atoms with Crippen LogP contribution in [-0.4, -0.2) is 25.2 Å². The lowest BCUT2D eigenvalue weighted by Gasteiger charge is -2.24. The van der Waals surface area contributed by atoms with Crippen molar-refractivity contribution in [1.82, 2.24) is 19.3 Å². The molecular weight excluding hydrogens is 440 g/mol. The van der Waals surface area contributed by atoms with Gasteiger partial charge in [-0.2, -0.15) is 5.10 Å². The molecule has 0 saturated heterocycles. The molecule has 0 bridgehead atoms. The third kappa shape index (κ3) is 4.40. The molecule has 0 radical (unpaired) electrons. The molecule has 34 heavy (non-hydrogen) atoms. The Morgan fingerprint density at radius 2 is 1.97 bits per heavy atom. The minimum absolute atomic E-state index is 0.0940. The van der Waals surface area contributed by atoms with Gasteiger partial charge in [0.1, 0.15) is 18.1 Å². The number of carbonyl (C=O) groups is 1. The second-order valence-electron chi connectivity index (χ2n) is 7.74. The summed E-state index contributed by atoms with van der Waals surface area (Å²) < 4.78 is 8.02. The van der Waals surface area contributed by atoms with Crippen LogP contribution in [0.15, 0.2) is 67.7 Å². The van der Waals surface area contributed by atoms with E-state index in [9.17, 15) is 19.2 Å². The van der Waals surface area contributed by atoms with Gasteiger partial charge in [0.05, 0.1) is 24.5 Å². The fourth-order valence-electron chi connectivity index (χ4n) is 3.73. The number of aromatic nitrogens is 4. The molecule has 0 spiro atoms. The van der Waals surface area contributed by atoms with Crippen molar-refractivity contribution in [1.29, 1.82) is 0 Å². The van der Waals surface area contributed by atoms with Gasteiger partial charge < -0.3 is 10.2 Å². The molecule has 0 aliphatic rings. The van der Waals surface area contributed by atoms with E-state index < -0.39 is 17.2 Å². The number of carbonyl (C=O) groups excluding carboxylic acids is 1. The molecule has 4 aromatic rings. The average molecular weight is 464 g/mol. The van der Waals surface area contributed by atoms with Crippen molar-refractivity contribution in [3.05, 3.63) is 85.7 Å². The van der Waals surface area contributed by atoms with Crippen LogP contribution in [0.1, 0.15) is 25.5 Å². The second kappa shape index (κ2) is 9.61. The third-order valence-corrected chi connectivity index (χ3v) is 5.46. The monoisotopic (exact) mass is 464 g/mol. The van der Waals surface area contributed by atoms with Crippen molar-refractivity contribution < 1.29 is 9.21 Å². The Balaban J connectivity index is 1.80. The SMILES string of the molecule is CCCCn1c(N)c(N(Cc2ccco2)C(=O)Cn2ncc(=O)c3ccccc32)c(=O)[nH]c1=O. The quantitative estimate of drug-likeness (QED) is 0.401. The van der Waals surface area contributed by atoms with Crippen LogP contribution in [0.4, 0.5) is 11.5 Å². The van der Waals surface area contributed by atoms with Gasteiger partial charge in [-0.15, -0.1) is 0 Å². The minimum atomic E-state index is -0.784. The molecule has 3 N–H and O–H groups in total. The molecule has 1 amide bonds. The van der Waals surface area contributed by atoms with Gasteiger partial charge in [0, 0.05) is 11.9 Å². The first-order valence-electron chi connectivity index (χ1n) is 10.8. The van der Waals surface area contributed by atoms with E-state index >= 15 is 0 Å². The third-order valence-electron chi connectivity index (χ3n) is 5.46. The number of para-hydroxylation sites is 1. The predicted octanol–water partition coefficient (Wildman–Crippen LogP) is 1.46. The topological polar surface area (TPSA) is 149 Å². The number of nitrogens with one attached hydrogen (secondary N) is 1. The van der Waals surface area contributed by atoms with Crippen molar-refractivity contribution in [2.24, 2.45) is 0 Å². The van der Waals surface area contributed by atoms with Crippen LogP contribution in [0.2, 0.25) is 0 Å².